The summed E-state index contributed by atoms with van der Waals surface area (Å²) in [6.07, 6.45) is 3.59. The lowest BCUT2D eigenvalue weighted by Crippen LogP contribution is -2.36. The smallest absolute Gasteiger partial charge is 0.254 e. The molecule has 0 aliphatic rings. The number of carbonyl (C=O) groups is 3. The predicted octanol–water partition coefficient (Wildman–Crippen LogP) is 3.21. The summed E-state index contributed by atoms with van der Waals surface area (Å²) in [5.41, 5.74) is 6.33. The van der Waals surface area contributed by atoms with Crippen molar-refractivity contribution in [1.82, 2.24) is 9.97 Å². The van der Waals surface area contributed by atoms with Gasteiger partial charge >= 0.3 is 0 Å². The van der Waals surface area contributed by atoms with Crippen LogP contribution in [0, 0.1) is 5.82 Å². The van der Waals surface area contributed by atoms with Crippen molar-refractivity contribution < 1.29 is 23.5 Å². The van der Waals surface area contributed by atoms with Crippen molar-refractivity contribution in [3.63, 3.8) is 0 Å². The van der Waals surface area contributed by atoms with Gasteiger partial charge in [-0.15, -0.1) is 0 Å². The number of benzene rings is 2. The fraction of sp³-hybridized carbons (Fsp3) is 0.0435. The van der Waals surface area contributed by atoms with E-state index < -0.39 is 23.7 Å². The molecule has 2 heterocycles. The minimum Gasteiger partial charge on any atom is -0.453 e. The molecule has 0 spiro atoms. The molecule has 2 aromatic heterocycles. The molecule has 2 amide bonds. The number of anilines is 2. The lowest BCUT2D eigenvalue weighted by atomic mass is 10.1. The fourth-order valence-corrected chi connectivity index (χ4v) is 3.17. The largest absolute Gasteiger partial charge is 0.453 e. The van der Waals surface area contributed by atoms with Crippen LogP contribution < -0.4 is 21.1 Å². The van der Waals surface area contributed by atoms with E-state index in [-0.39, 0.29) is 22.7 Å². The second kappa shape index (κ2) is 9.18. The Labute approximate surface area is 186 Å². The molecule has 4 rings (SSSR count). The van der Waals surface area contributed by atoms with Crippen LogP contribution in [0.15, 0.2) is 67.0 Å². The number of primary amides is 1. The average molecular weight is 447 g/mol. The summed E-state index contributed by atoms with van der Waals surface area (Å²) in [5.74, 6) is -1.81. The molecule has 4 aromatic rings. The van der Waals surface area contributed by atoms with Crippen molar-refractivity contribution in [1.29, 1.82) is 0 Å². The van der Waals surface area contributed by atoms with E-state index in [9.17, 15) is 18.8 Å². The van der Waals surface area contributed by atoms with E-state index in [0.29, 0.717) is 23.1 Å². The molecule has 0 aliphatic heterocycles. The Kier molecular flexibility index (Phi) is 5.98. The number of fused-ring (bicyclic) bond motifs is 1. The number of hydrogen-bond acceptors (Lipinski definition) is 6. The Hall–Kier alpha value is -4.73. The van der Waals surface area contributed by atoms with Gasteiger partial charge in [-0.1, -0.05) is 12.1 Å². The van der Waals surface area contributed by atoms with Crippen molar-refractivity contribution in [2.24, 2.45) is 5.73 Å². The van der Waals surface area contributed by atoms with Gasteiger partial charge in [0.05, 0.1) is 16.6 Å². The standard InChI is InChI=1S/C23H18FN5O4/c24-16-11-13(5-6-20(16)33-19-8-10-27-22-15(19)7-9-26-22)28-18(12-30)23(32)29-17-4-2-1-3-14(17)21(25)31/h1-12,18,28H,(H2,25,31)(H,26,27)(H,29,32). The van der Waals surface area contributed by atoms with Gasteiger partial charge in [-0.05, 0) is 36.4 Å². The van der Waals surface area contributed by atoms with E-state index in [0.717, 1.165) is 6.07 Å². The Morgan fingerprint density at radius 3 is 2.70 bits per heavy atom. The van der Waals surface area contributed by atoms with Gasteiger partial charge in [-0.3, -0.25) is 9.59 Å². The first-order chi connectivity index (χ1) is 16.0. The number of ether oxygens (including phenoxy) is 1. The third-order valence-corrected chi connectivity index (χ3v) is 4.76. The molecule has 0 saturated carbocycles. The number of aromatic amines is 1. The summed E-state index contributed by atoms with van der Waals surface area (Å²) in [4.78, 5) is 42.6. The van der Waals surface area contributed by atoms with E-state index in [1.807, 2.05) is 0 Å². The summed E-state index contributed by atoms with van der Waals surface area (Å²) in [7, 11) is 0. The molecule has 33 heavy (non-hydrogen) atoms. The highest BCUT2D eigenvalue weighted by molar-refractivity contribution is 6.09. The first kappa shape index (κ1) is 21.5. The summed E-state index contributed by atoms with van der Waals surface area (Å²) in [5, 5.41) is 5.81. The van der Waals surface area contributed by atoms with Crippen molar-refractivity contribution in [2.75, 3.05) is 10.6 Å². The van der Waals surface area contributed by atoms with Crippen LogP contribution in [0.4, 0.5) is 15.8 Å². The lowest BCUT2D eigenvalue weighted by Gasteiger charge is -2.16. The number of nitrogens with one attached hydrogen (secondary N) is 3. The van der Waals surface area contributed by atoms with Crippen LogP contribution in [-0.2, 0) is 9.59 Å². The van der Waals surface area contributed by atoms with E-state index in [1.165, 1.54) is 30.5 Å². The molecule has 0 bridgehead atoms. The molecular formula is C23H18FN5O4. The van der Waals surface area contributed by atoms with Gasteiger partial charge in [0.25, 0.3) is 11.8 Å². The number of nitrogens with two attached hydrogens (primary N) is 1. The fourth-order valence-electron chi connectivity index (χ4n) is 3.17. The van der Waals surface area contributed by atoms with Crippen LogP contribution in [0.3, 0.4) is 0 Å². The normalized spacial score (nSPS) is 11.5. The van der Waals surface area contributed by atoms with Crippen LogP contribution in [-0.4, -0.2) is 34.1 Å². The minimum absolute atomic E-state index is 0.0447. The minimum atomic E-state index is -1.35. The first-order valence-corrected chi connectivity index (χ1v) is 9.77. The molecule has 0 fully saturated rings. The zero-order valence-corrected chi connectivity index (χ0v) is 17.0. The van der Waals surface area contributed by atoms with Gasteiger partial charge in [0.15, 0.2) is 23.9 Å². The Morgan fingerprint density at radius 2 is 1.94 bits per heavy atom. The second-order valence-electron chi connectivity index (χ2n) is 6.95. The number of amides is 2. The number of carbonyl (C=O) groups excluding carboxylic acids is 3. The average Bonchev–Trinajstić information content (AvgIpc) is 3.29. The van der Waals surface area contributed by atoms with Gasteiger partial charge < -0.3 is 30.9 Å². The molecule has 0 radical (unpaired) electrons. The van der Waals surface area contributed by atoms with Crippen LogP contribution in [0.2, 0.25) is 0 Å². The molecule has 0 saturated heterocycles. The number of halogens is 1. The highest BCUT2D eigenvalue weighted by Gasteiger charge is 2.20. The van der Waals surface area contributed by atoms with Crippen molar-refractivity contribution in [3.8, 4) is 11.5 Å². The zero-order valence-electron chi connectivity index (χ0n) is 17.0. The maximum atomic E-state index is 14.7. The summed E-state index contributed by atoms with van der Waals surface area (Å²) in [6.45, 7) is 0. The van der Waals surface area contributed by atoms with E-state index >= 15 is 0 Å². The number of aldehydes is 1. The Morgan fingerprint density at radius 1 is 1.12 bits per heavy atom. The molecule has 1 unspecified atom stereocenters. The van der Waals surface area contributed by atoms with Gasteiger partial charge in [0, 0.05) is 24.1 Å². The van der Waals surface area contributed by atoms with Crippen molar-refractivity contribution in [2.45, 2.75) is 6.04 Å². The molecule has 2 aromatic carbocycles. The predicted molar refractivity (Wildman–Crippen MR) is 120 cm³/mol. The first-order valence-electron chi connectivity index (χ1n) is 9.77. The van der Waals surface area contributed by atoms with Gasteiger partial charge in [-0.25, -0.2) is 9.37 Å². The Bertz CT molecular complexity index is 1350. The highest BCUT2D eigenvalue weighted by atomic mass is 19.1. The highest BCUT2D eigenvalue weighted by Crippen LogP contribution is 2.31. The number of para-hydroxylation sites is 1. The lowest BCUT2D eigenvalue weighted by molar-refractivity contribution is -0.121. The molecule has 0 aliphatic carbocycles. The van der Waals surface area contributed by atoms with Crippen molar-refractivity contribution >= 4 is 40.5 Å². The maximum Gasteiger partial charge on any atom is 0.254 e. The molecule has 1 atom stereocenters. The number of pyridine rings is 1. The van der Waals surface area contributed by atoms with E-state index in [4.69, 9.17) is 10.5 Å². The molecule has 5 N–H and O–H groups in total. The monoisotopic (exact) mass is 447 g/mol. The number of rotatable bonds is 8. The van der Waals surface area contributed by atoms with Crippen LogP contribution in [0.1, 0.15) is 10.4 Å². The summed E-state index contributed by atoms with van der Waals surface area (Å²) >= 11 is 0. The van der Waals surface area contributed by atoms with Crippen LogP contribution in [0.25, 0.3) is 11.0 Å². The van der Waals surface area contributed by atoms with Gasteiger partial charge in [0.1, 0.15) is 11.4 Å². The molecule has 10 heteroatoms. The SMILES string of the molecule is NC(=O)c1ccccc1NC(=O)C(C=O)Nc1ccc(Oc2ccnc3[nH]ccc23)c(F)c1. The second-order valence-corrected chi connectivity index (χ2v) is 6.95. The number of aromatic nitrogens is 2. The summed E-state index contributed by atoms with van der Waals surface area (Å²) in [6, 6.07) is 12.1. The van der Waals surface area contributed by atoms with Crippen LogP contribution >= 0.6 is 0 Å². The topological polar surface area (TPSA) is 139 Å². The number of H-pyrrole nitrogens is 1. The van der Waals surface area contributed by atoms with Gasteiger partial charge in [-0.2, -0.15) is 0 Å². The Balaban J connectivity index is 1.48. The zero-order chi connectivity index (χ0) is 23.4. The quantitative estimate of drug-likeness (QED) is 0.242. The van der Waals surface area contributed by atoms with Gasteiger partial charge in [0.2, 0.25) is 0 Å². The molecule has 9 nitrogen and oxygen atoms in total. The number of nitrogens with zero attached hydrogens (tertiary/aromatic N) is 1. The van der Waals surface area contributed by atoms with E-state index in [1.54, 1.807) is 30.5 Å². The maximum absolute atomic E-state index is 14.7. The van der Waals surface area contributed by atoms with E-state index in [2.05, 4.69) is 20.6 Å². The van der Waals surface area contributed by atoms with Crippen LogP contribution in [0.5, 0.6) is 11.5 Å². The third-order valence-electron chi connectivity index (χ3n) is 4.76. The third kappa shape index (κ3) is 4.64. The van der Waals surface area contributed by atoms with Crippen molar-refractivity contribution in [3.05, 3.63) is 78.4 Å². The summed E-state index contributed by atoms with van der Waals surface area (Å²) < 4.78 is 20.4. The number of hydrogen-bond donors (Lipinski definition) is 4. The molecular weight excluding hydrogens is 429 g/mol. The molecule has 166 valence electrons.